The van der Waals surface area contributed by atoms with Crippen LogP contribution in [0.15, 0.2) is 0 Å². The van der Waals surface area contributed by atoms with Gasteiger partial charge in [-0.2, -0.15) is 0 Å². The Kier molecular flexibility index (Phi) is 2.39. The topological polar surface area (TPSA) is 49.8 Å². The van der Waals surface area contributed by atoms with Crippen molar-refractivity contribution in [1.29, 1.82) is 0 Å². The molecule has 0 saturated carbocycles. The van der Waals surface area contributed by atoms with Crippen LogP contribution >= 0.6 is 0 Å². The molecule has 4 nitrogen and oxygen atoms in total. The number of methoxy groups -OCH3 is 1. The molecular formula is C8H15NO3. The Labute approximate surface area is 72.1 Å². The summed E-state index contributed by atoms with van der Waals surface area (Å²) in [5, 5.41) is 9.39. The Morgan fingerprint density at radius 1 is 1.67 bits per heavy atom. The van der Waals surface area contributed by atoms with E-state index in [4.69, 9.17) is 0 Å². The summed E-state index contributed by atoms with van der Waals surface area (Å²) in [6, 6.07) is -0.241. The second kappa shape index (κ2) is 3.03. The standard InChI is InChI=1S/C8H15NO3/c1-6(7(10)12-3)9-4-8(2,11)5-9/h6,11H,4-5H2,1-3H3. The van der Waals surface area contributed by atoms with E-state index in [-0.39, 0.29) is 12.0 Å². The van der Waals surface area contributed by atoms with Crippen molar-refractivity contribution in [1.82, 2.24) is 4.90 Å². The van der Waals surface area contributed by atoms with Crippen LogP contribution in [-0.2, 0) is 9.53 Å². The maximum absolute atomic E-state index is 11.0. The molecule has 1 fully saturated rings. The minimum absolute atomic E-state index is 0.241. The quantitative estimate of drug-likeness (QED) is 0.578. The molecule has 0 radical (unpaired) electrons. The smallest absolute Gasteiger partial charge is 0.322 e. The van der Waals surface area contributed by atoms with Crippen LogP contribution in [0.4, 0.5) is 0 Å². The third kappa shape index (κ3) is 1.76. The van der Waals surface area contributed by atoms with Gasteiger partial charge in [0.05, 0.1) is 12.7 Å². The number of carbonyl (C=O) groups excluding carboxylic acids is 1. The van der Waals surface area contributed by atoms with Gasteiger partial charge in [0.1, 0.15) is 6.04 Å². The average Bonchev–Trinajstić information content (AvgIpc) is 1.97. The van der Waals surface area contributed by atoms with Gasteiger partial charge in [0, 0.05) is 13.1 Å². The minimum atomic E-state index is -0.623. The van der Waals surface area contributed by atoms with Crippen LogP contribution in [0, 0.1) is 0 Å². The predicted molar refractivity (Wildman–Crippen MR) is 43.7 cm³/mol. The zero-order valence-electron chi connectivity index (χ0n) is 7.70. The van der Waals surface area contributed by atoms with Crippen LogP contribution in [0.3, 0.4) is 0 Å². The van der Waals surface area contributed by atoms with E-state index in [0.717, 1.165) is 0 Å². The molecule has 1 unspecified atom stereocenters. The molecule has 0 aromatic rings. The van der Waals surface area contributed by atoms with Gasteiger partial charge in [-0.1, -0.05) is 0 Å². The van der Waals surface area contributed by atoms with E-state index in [1.165, 1.54) is 7.11 Å². The van der Waals surface area contributed by atoms with Gasteiger partial charge in [-0.15, -0.1) is 0 Å². The summed E-state index contributed by atoms with van der Waals surface area (Å²) in [5.41, 5.74) is -0.623. The molecule has 0 amide bonds. The van der Waals surface area contributed by atoms with E-state index in [0.29, 0.717) is 13.1 Å². The second-order valence-corrected chi connectivity index (χ2v) is 3.60. The Bertz CT molecular complexity index is 183. The van der Waals surface area contributed by atoms with Gasteiger partial charge in [0.25, 0.3) is 0 Å². The highest BCUT2D eigenvalue weighted by Gasteiger charge is 2.41. The highest BCUT2D eigenvalue weighted by Crippen LogP contribution is 2.22. The fraction of sp³-hybridized carbons (Fsp3) is 0.875. The van der Waals surface area contributed by atoms with E-state index in [1.807, 2.05) is 4.90 Å². The molecule has 1 saturated heterocycles. The lowest BCUT2D eigenvalue weighted by molar-refractivity contribution is -0.157. The van der Waals surface area contributed by atoms with Gasteiger partial charge in [-0.25, -0.2) is 0 Å². The number of carbonyl (C=O) groups is 1. The zero-order chi connectivity index (χ0) is 9.35. The van der Waals surface area contributed by atoms with Gasteiger partial charge in [0.15, 0.2) is 0 Å². The summed E-state index contributed by atoms with van der Waals surface area (Å²) in [5.74, 6) is -0.245. The number of nitrogens with zero attached hydrogens (tertiary/aromatic N) is 1. The largest absolute Gasteiger partial charge is 0.468 e. The van der Waals surface area contributed by atoms with Crippen molar-refractivity contribution in [3.05, 3.63) is 0 Å². The Hall–Kier alpha value is -0.610. The normalized spacial score (nSPS) is 24.3. The van der Waals surface area contributed by atoms with Crippen LogP contribution in [0.5, 0.6) is 0 Å². The molecule has 12 heavy (non-hydrogen) atoms. The predicted octanol–water partition coefficient (Wildman–Crippen LogP) is -0.385. The van der Waals surface area contributed by atoms with Crippen LogP contribution in [-0.4, -0.2) is 47.8 Å². The maximum Gasteiger partial charge on any atom is 0.322 e. The van der Waals surface area contributed by atoms with E-state index >= 15 is 0 Å². The molecule has 1 aliphatic rings. The van der Waals surface area contributed by atoms with Gasteiger partial charge in [-0.3, -0.25) is 9.69 Å². The van der Waals surface area contributed by atoms with E-state index in [2.05, 4.69) is 4.74 Å². The Morgan fingerprint density at radius 2 is 2.17 bits per heavy atom. The number of rotatable bonds is 2. The Balaban J connectivity index is 2.38. The van der Waals surface area contributed by atoms with Crippen molar-refractivity contribution in [2.45, 2.75) is 25.5 Å². The lowest BCUT2D eigenvalue weighted by Crippen LogP contribution is -2.63. The lowest BCUT2D eigenvalue weighted by Gasteiger charge is -2.46. The molecule has 0 aromatic heterocycles. The van der Waals surface area contributed by atoms with E-state index in [1.54, 1.807) is 13.8 Å². The third-order valence-corrected chi connectivity index (χ3v) is 2.18. The van der Waals surface area contributed by atoms with Crippen molar-refractivity contribution in [2.75, 3.05) is 20.2 Å². The van der Waals surface area contributed by atoms with Gasteiger partial charge >= 0.3 is 5.97 Å². The molecule has 0 aromatic carbocycles. The number of hydrogen-bond donors (Lipinski definition) is 1. The summed E-state index contributed by atoms with van der Waals surface area (Å²) >= 11 is 0. The molecule has 0 spiro atoms. The van der Waals surface area contributed by atoms with Crippen molar-refractivity contribution < 1.29 is 14.6 Å². The summed E-state index contributed by atoms with van der Waals surface area (Å²) in [4.78, 5) is 12.9. The highest BCUT2D eigenvalue weighted by molar-refractivity contribution is 5.75. The molecule has 0 aliphatic carbocycles. The van der Waals surface area contributed by atoms with Crippen LogP contribution < -0.4 is 0 Å². The monoisotopic (exact) mass is 173 g/mol. The van der Waals surface area contributed by atoms with E-state index < -0.39 is 5.60 Å². The SMILES string of the molecule is COC(=O)C(C)N1CC(C)(O)C1. The number of ether oxygens (including phenoxy) is 1. The zero-order valence-corrected chi connectivity index (χ0v) is 7.70. The number of β-amino-alcohol motifs (C(OH)–C–C–N with tert-alkyl or cyclic N) is 1. The molecular weight excluding hydrogens is 158 g/mol. The fourth-order valence-electron chi connectivity index (χ4n) is 1.42. The molecule has 4 heteroatoms. The number of aliphatic hydroxyl groups is 1. The van der Waals surface area contributed by atoms with Crippen LogP contribution in [0.1, 0.15) is 13.8 Å². The van der Waals surface area contributed by atoms with Crippen molar-refractivity contribution in [3.8, 4) is 0 Å². The first-order chi connectivity index (χ1) is 5.46. The lowest BCUT2D eigenvalue weighted by atomic mass is 9.95. The molecule has 1 N–H and O–H groups in total. The first kappa shape index (κ1) is 9.48. The number of hydrogen-bond acceptors (Lipinski definition) is 4. The molecule has 1 aliphatic heterocycles. The highest BCUT2D eigenvalue weighted by atomic mass is 16.5. The molecule has 1 heterocycles. The van der Waals surface area contributed by atoms with Crippen molar-refractivity contribution in [3.63, 3.8) is 0 Å². The average molecular weight is 173 g/mol. The summed E-state index contributed by atoms with van der Waals surface area (Å²) in [7, 11) is 1.37. The Morgan fingerprint density at radius 3 is 2.50 bits per heavy atom. The second-order valence-electron chi connectivity index (χ2n) is 3.60. The molecule has 70 valence electrons. The summed E-state index contributed by atoms with van der Waals surface area (Å²) in [6.45, 7) is 4.63. The van der Waals surface area contributed by atoms with Gasteiger partial charge < -0.3 is 9.84 Å². The molecule has 1 atom stereocenters. The van der Waals surface area contributed by atoms with E-state index in [9.17, 15) is 9.90 Å². The summed E-state index contributed by atoms with van der Waals surface area (Å²) in [6.07, 6.45) is 0. The number of likely N-dealkylation sites (tertiary alicyclic amines) is 1. The van der Waals surface area contributed by atoms with Crippen molar-refractivity contribution >= 4 is 5.97 Å². The van der Waals surface area contributed by atoms with Gasteiger partial charge in [0.2, 0.25) is 0 Å². The van der Waals surface area contributed by atoms with Gasteiger partial charge in [-0.05, 0) is 13.8 Å². The molecule has 0 bridgehead atoms. The fourth-order valence-corrected chi connectivity index (χ4v) is 1.42. The van der Waals surface area contributed by atoms with Crippen molar-refractivity contribution in [2.24, 2.45) is 0 Å². The van der Waals surface area contributed by atoms with Crippen LogP contribution in [0.25, 0.3) is 0 Å². The summed E-state index contributed by atoms with van der Waals surface area (Å²) < 4.78 is 4.57. The molecule has 1 rings (SSSR count). The van der Waals surface area contributed by atoms with Crippen LogP contribution in [0.2, 0.25) is 0 Å². The minimum Gasteiger partial charge on any atom is -0.468 e. The first-order valence-electron chi connectivity index (χ1n) is 4.00. The first-order valence-corrected chi connectivity index (χ1v) is 4.00. The number of esters is 1. The third-order valence-electron chi connectivity index (χ3n) is 2.18. The maximum atomic E-state index is 11.0.